The quantitative estimate of drug-likeness (QED) is 0.833. The highest BCUT2D eigenvalue weighted by atomic mass is 16.2. The summed E-state index contributed by atoms with van der Waals surface area (Å²) in [4.78, 5) is 11.7. The minimum Gasteiger partial charge on any atom is -0.311 e. The standard InChI is InChI=1S/C12H19N3O/c1-8-7-10(13-11(16)9-5-6-9)15(14-8)12(2,3)4/h7,9H,5-6H2,1-4H3,(H,13,16). The van der Waals surface area contributed by atoms with E-state index in [1.807, 2.05) is 17.7 Å². The van der Waals surface area contributed by atoms with Crippen LogP contribution in [0, 0.1) is 12.8 Å². The first-order valence-electron chi connectivity index (χ1n) is 5.76. The van der Waals surface area contributed by atoms with E-state index in [0.29, 0.717) is 0 Å². The van der Waals surface area contributed by atoms with Crippen LogP contribution in [-0.2, 0) is 10.3 Å². The van der Waals surface area contributed by atoms with Gasteiger partial charge in [0.1, 0.15) is 5.82 Å². The lowest BCUT2D eigenvalue weighted by Crippen LogP contribution is -2.27. The Kier molecular flexibility index (Phi) is 2.52. The predicted octanol–water partition coefficient (Wildman–Crippen LogP) is 2.30. The van der Waals surface area contributed by atoms with Crippen LogP contribution in [0.4, 0.5) is 5.82 Å². The fourth-order valence-corrected chi connectivity index (χ4v) is 1.67. The molecule has 0 bridgehead atoms. The Morgan fingerprint density at radius 1 is 1.50 bits per heavy atom. The molecule has 1 aliphatic carbocycles. The average Bonchev–Trinajstić information content (AvgIpc) is 2.90. The molecule has 1 fully saturated rings. The van der Waals surface area contributed by atoms with E-state index >= 15 is 0 Å². The van der Waals surface area contributed by atoms with E-state index in [1.54, 1.807) is 0 Å². The molecule has 2 rings (SSSR count). The zero-order valence-corrected chi connectivity index (χ0v) is 10.4. The minimum atomic E-state index is -0.111. The monoisotopic (exact) mass is 221 g/mol. The number of anilines is 1. The van der Waals surface area contributed by atoms with Gasteiger partial charge in [-0.3, -0.25) is 4.79 Å². The van der Waals surface area contributed by atoms with Crippen molar-refractivity contribution in [1.29, 1.82) is 0 Å². The van der Waals surface area contributed by atoms with Crippen LogP contribution in [0.15, 0.2) is 6.07 Å². The molecule has 0 saturated heterocycles. The number of aromatic nitrogens is 2. The minimum absolute atomic E-state index is 0.111. The molecule has 0 aliphatic heterocycles. The summed E-state index contributed by atoms with van der Waals surface area (Å²) in [6.45, 7) is 8.17. The molecule has 1 saturated carbocycles. The smallest absolute Gasteiger partial charge is 0.228 e. The van der Waals surface area contributed by atoms with E-state index < -0.39 is 0 Å². The number of carbonyl (C=O) groups is 1. The van der Waals surface area contributed by atoms with Gasteiger partial charge in [0, 0.05) is 12.0 Å². The summed E-state index contributed by atoms with van der Waals surface area (Å²) in [6.07, 6.45) is 2.04. The summed E-state index contributed by atoms with van der Waals surface area (Å²) in [5.41, 5.74) is 0.821. The highest BCUT2D eigenvalue weighted by Crippen LogP contribution is 2.31. The second kappa shape index (κ2) is 3.61. The molecule has 0 radical (unpaired) electrons. The summed E-state index contributed by atoms with van der Waals surface area (Å²) in [5, 5.41) is 7.38. The molecule has 4 heteroatoms. The molecule has 0 atom stereocenters. The largest absolute Gasteiger partial charge is 0.311 e. The first kappa shape index (κ1) is 11.2. The molecule has 1 aromatic rings. The van der Waals surface area contributed by atoms with Gasteiger partial charge in [0.15, 0.2) is 0 Å². The van der Waals surface area contributed by atoms with Crippen LogP contribution in [-0.4, -0.2) is 15.7 Å². The van der Waals surface area contributed by atoms with Crippen LogP contribution in [0.3, 0.4) is 0 Å². The van der Waals surface area contributed by atoms with Gasteiger partial charge in [-0.2, -0.15) is 5.10 Å². The fourth-order valence-electron chi connectivity index (χ4n) is 1.67. The summed E-state index contributed by atoms with van der Waals surface area (Å²) in [5.74, 6) is 1.16. The fraction of sp³-hybridized carbons (Fsp3) is 0.667. The maximum atomic E-state index is 11.7. The van der Waals surface area contributed by atoms with E-state index in [9.17, 15) is 4.79 Å². The number of carbonyl (C=O) groups excluding carboxylic acids is 1. The maximum Gasteiger partial charge on any atom is 0.228 e. The molecule has 1 heterocycles. The summed E-state index contributed by atoms with van der Waals surface area (Å²) < 4.78 is 1.88. The van der Waals surface area contributed by atoms with Crippen LogP contribution in [0.1, 0.15) is 39.3 Å². The lowest BCUT2D eigenvalue weighted by Gasteiger charge is -2.22. The second-order valence-electron chi connectivity index (χ2n) is 5.52. The van der Waals surface area contributed by atoms with Crippen LogP contribution in [0.2, 0.25) is 0 Å². The molecule has 4 nitrogen and oxygen atoms in total. The molecule has 16 heavy (non-hydrogen) atoms. The van der Waals surface area contributed by atoms with Crippen molar-refractivity contribution in [2.75, 3.05) is 5.32 Å². The molecule has 88 valence electrons. The Hall–Kier alpha value is -1.32. The molecular formula is C12H19N3O. The van der Waals surface area contributed by atoms with Crippen molar-refractivity contribution >= 4 is 11.7 Å². The number of nitrogens with one attached hydrogen (secondary N) is 1. The lowest BCUT2D eigenvalue weighted by molar-refractivity contribution is -0.117. The van der Waals surface area contributed by atoms with Crippen molar-refractivity contribution in [3.8, 4) is 0 Å². The first-order chi connectivity index (χ1) is 7.38. The topological polar surface area (TPSA) is 46.9 Å². The highest BCUT2D eigenvalue weighted by molar-refractivity contribution is 5.93. The Morgan fingerprint density at radius 2 is 2.12 bits per heavy atom. The third kappa shape index (κ3) is 2.26. The predicted molar refractivity (Wildman–Crippen MR) is 63.3 cm³/mol. The molecule has 0 aromatic carbocycles. The summed E-state index contributed by atoms with van der Waals surface area (Å²) in [7, 11) is 0. The van der Waals surface area contributed by atoms with Gasteiger partial charge >= 0.3 is 0 Å². The molecular weight excluding hydrogens is 202 g/mol. The zero-order chi connectivity index (χ0) is 11.9. The SMILES string of the molecule is Cc1cc(NC(=O)C2CC2)n(C(C)(C)C)n1. The van der Waals surface area contributed by atoms with Crippen LogP contribution in [0.25, 0.3) is 0 Å². The normalized spacial score (nSPS) is 16.2. The maximum absolute atomic E-state index is 11.7. The number of aryl methyl sites for hydroxylation is 1. The van der Waals surface area contributed by atoms with Crippen molar-refractivity contribution in [2.24, 2.45) is 5.92 Å². The van der Waals surface area contributed by atoms with E-state index in [0.717, 1.165) is 24.4 Å². The molecule has 1 N–H and O–H groups in total. The average molecular weight is 221 g/mol. The molecule has 0 spiro atoms. The van der Waals surface area contributed by atoms with Gasteiger partial charge in [-0.05, 0) is 40.5 Å². The number of rotatable bonds is 2. The lowest BCUT2D eigenvalue weighted by atomic mass is 10.1. The van der Waals surface area contributed by atoms with E-state index in [2.05, 4.69) is 31.2 Å². The molecule has 1 aliphatic rings. The van der Waals surface area contributed by atoms with Crippen LogP contribution >= 0.6 is 0 Å². The number of hydrogen-bond donors (Lipinski definition) is 1. The summed E-state index contributed by atoms with van der Waals surface area (Å²) >= 11 is 0. The Labute approximate surface area is 96.0 Å². The van der Waals surface area contributed by atoms with E-state index in [-0.39, 0.29) is 17.4 Å². The molecule has 1 aromatic heterocycles. The van der Waals surface area contributed by atoms with Crippen molar-refractivity contribution in [1.82, 2.24) is 9.78 Å². The molecule has 0 unspecified atom stereocenters. The van der Waals surface area contributed by atoms with Crippen molar-refractivity contribution in [2.45, 2.75) is 46.1 Å². The van der Waals surface area contributed by atoms with Crippen molar-refractivity contribution in [3.05, 3.63) is 11.8 Å². The number of amides is 1. The Balaban J connectivity index is 2.22. The van der Waals surface area contributed by atoms with E-state index in [4.69, 9.17) is 0 Å². The molecule has 1 amide bonds. The van der Waals surface area contributed by atoms with E-state index in [1.165, 1.54) is 0 Å². The van der Waals surface area contributed by atoms with Gasteiger partial charge in [-0.1, -0.05) is 0 Å². The van der Waals surface area contributed by atoms with Gasteiger partial charge in [-0.15, -0.1) is 0 Å². The summed E-state index contributed by atoms with van der Waals surface area (Å²) in [6, 6.07) is 1.92. The van der Waals surface area contributed by atoms with Gasteiger partial charge in [0.05, 0.1) is 11.2 Å². The second-order valence-corrected chi connectivity index (χ2v) is 5.52. The van der Waals surface area contributed by atoms with Gasteiger partial charge in [0.2, 0.25) is 5.91 Å². The Morgan fingerprint density at radius 3 is 2.62 bits per heavy atom. The first-order valence-corrected chi connectivity index (χ1v) is 5.76. The number of nitrogens with zero attached hydrogens (tertiary/aromatic N) is 2. The zero-order valence-electron chi connectivity index (χ0n) is 10.4. The highest BCUT2D eigenvalue weighted by Gasteiger charge is 2.31. The number of hydrogen-bond acceptors (Lipinski definition) is 2. The third-order valence-electron chi connectivity index (χ3n) is 2.67. The van der Waals surface area contributed by atoms with Gasteiger partial charge in [0.25, 0.3) is 0 Å². The third-order valence-corrected chi connectivity index (χ3v) is 2.67. The van der Waals surface area contributed by atoms with Gasteiger partial charge in [-0.25, -0.2) is 4.68 Å². The van der Waals surface area contributed by atoms with Crippen molar-refractivity contribution in [3.63, 3.8) is 0 Å². The van der Waals surface area contributed by atoms with Crippen molar-refractivity contribution < 1.29 is 4.79 Å². The van der Waals surface area contributed by atoms with Crippen LogP contribution in [0.5, 0.6) is 0 Å². The van der Waals surface area contributed by atoms with Gasteiger partial charge < -0.3 is 5.32 Å². The van der Waals surface area contributed by atoms with Crippen LogP contribution < -0.4 is 5.32 Å². The Bertz CT molecular complexity index is 410.